The highest BCUT2D eigenvalue weighted by molar-refractivity contribution is 9.10. The van der Waals surface area contributed by atoms with Gasteiger partial charge in [0.2, 0.25) is 5.91 Å². The van der Waals surface area contributed by atoms with Crippen LogP contribution in [-0.4, -0.2) is 28.9 Å². The van der Waals surface area contributed by atoms with Gasteiger partial charge in [0.15, 0.2) is 0 Å². The molecule has 1 aromatic heterocycles. The molecule has 0 bridgehead atoms. The summed E-state index contributed by atoms with van der Waals surface area (Å²) in [4.78, 5) is 17.8. The van der Waals surface area contributed by atoms with E-state index in [1.54, 1.807) is 0 Å². The summed E-state index contributed by atoms with van der Waals surface area (Å²) in [6, 6.07) is 6.30. The molecule has 2 aromatic rings. The lowest BCUT2D eigenvalue weighted by Gasteiger charge is -2.29. The van der Waals surface area contributed by atoms with E-state index in [0.29, 0.717) is 5.91 Å². The molecule has 0 fully saturated rings. The number of nitrogens with zero attached hydrogens (tertiary/aromatic N) is 1. The Kier molecular flexibility index (Phi) is 4.90. The van der Waals surface area contributed by atoms with Crippen molar-refractivity contribution in [2.24, 2.45) is 5.92 Å². The van der Waals surface area contributed by atoms with Crippen molar-refractivity contribution in [2.75, 3.05) is 13.1 Å². The zero-order valence-electron chi connectivity index (χ0n) is 13.7. The Labute approximate surface area is 145 Å². The van der Waals surface area contributed by atoms with Gasteiger partial charge in [-0.1, -0.05) is 35.9 Å². The molecular weight excluding hydrogens is 352 g/mol. The summed E-state index contributed by atoms with van der Waals surface area (Å²) in [5.41, 5.74) is 3.75. The lowest BCUT2D eigenvalue weighted by Crippen LogP contribution is -2.38. The predicted octanol–water partition coefficient (Wildman–Crippen LogP) is 4.98. The maximum atomic E-state index is 12.5. The van der Waals surface area contributed by atoms with Gasteiger partial charge in [0.25, 0.3) is 0 Å². The highest BCUT2D eigenvalue weighted by Crippen LogP contribution is 2.31. The topological polar surface area (TPSA) is 36.1 Å². The Morgan fingerprint density at radius 3 is 2.78 bits per heavy atom. The molecule has 3 nitrogen and oxygen atoms in total. The standard InChI is InChI=1S/C19H23BrN2O/c1-3-13(4-2)19(23)22-9-7-14(8-10-22)17-12-21-18-6-5-15(20)11-16(17)18/h5-7,11-13,21H,3-4,8-10H2,1-2H3. The van der Waals surface area contributed by atoms with E-state index in [-0.39, 0.29) is 5.92 Å². The number of halogens is 1. The first-order valence-electron chi connectivity index (χ1n) is 8.38. The summed E-state index contributed by atoms with van der Waals surface area (Å²) in [5, 5.41) is 1.24. The highest BCUT2D eigenvalue weighted by atomic mass is 79.9. The van der Waals surface area contributed by atoms with E-state index in [1.165, 1.54) is 16.5 Å². The number of carbonyl (C=O) groups is 1. The van der Waals surface area contributed by atoms with Crippen LogP contribution in [0.2, 0.25) is 0 Å². The Morgan fingerprint density at radius 1 is 1.35 bits per heavy atom. The number of rotatable bonds is 4. The largest absolute Gasteiger partial charge is 0.361 e. The van der Waals surface area contributed by atoms with Crippen molar-refractivity contribution in [3.05, 3.63) is 40.5 Å². The Morgan fingerprint density at radius 2 is 2.13 bits per heavy atom. The van der Waals surface area contributed by atoms with Gasteiger partial charge in [0.05, 0.1) is 0 Å². The second kappa shape index (κ2) is 6.91. The van der Waals surface area contributed by atoms with Crippen LogP contribution < -0.4 is 0 Å². The number of hydrogen-bond donors (Lipinski definition) is 1. The molecule has 0 aliphatic carbocycles. The molecular formula is C19H23BrN2O. The van der Waals surface area contributed by atoms with Crippen molar-refractivity contribution in [3.63, 3.8) is 0 Å². The second-order valence-corrected chi connectivity index (χ2v) is 7.08. The summed E-state index contributed by atoms with van der Waals surface area (Å²) in [6.07, 6.45) is 7.08. The molecule has 3 rings (SSSR count). The summed E-state index contributed by atoms with van der Waals surface area (Å²) >= 11 is 3.55. The van der Waals surface area contributed by atoms with E-state index in [0.717, 1.165) is 42.3 Å². The normalized spacial score (nSPS) is 15.3. The van der Waals surface area contributed by atoms with Crippen LogP contribution in [0.1, 0.15) is 38.7 Å². The van der Waals surface area contributed by atoms with Gasteiger partial charge in [-0.15, -0.1) is 0 Å². The minimum atomic E-state index is 0.175. The fourth-order valence-corrected chi connectivity index (χ4v) is 3.73. The van der Waals surface area contributed by atoms with Gasteiger partial charge in [-0.2, -0.15) is 0 Å². The average molecular weight is 375 g/mol. The zero-order valence-corrected chi connectivity index (χ0v) is 15.3. The van der Waals surface area contributed by atoms with Crippen LogP contribution in [0.15, 0.2) is 34.9 Å². The highest BCUT2D eigenvalue weighted by Gasteiger charge is 2.24. The van der Waals surface area contributed by atoms with Crippen molar-refractivity contribution >= 4 is 38.3 Å². The fourth-order valence-electron chi connectivity index (χ4n) is 3.37. The minimum Gasteiger partial charge on any atom is -0.361 e. The van der Waals surface area contributed by atoms with Crippen molar-refractivity contribution in [3.8, 4) is 0 Å². The van der Waals surface area contributed by atoms with E-state index in [1.807, 2.05) is 11.0 Å². The Hall–Kier alpha value is -1.55. The van der Waals surface area contributed by atoms with Crippen LogP contribution in [-0.2, 0) is 4.79 Å². The number of H-pyrrole nitrogens is 1. The number of carbonyl (C=O) groups excluding carboxylic acids is 1. The first-order valence-corrected chi connectivity index (χ1v) is 9.18. The van der Waals surface area contributed by atoms with Crippen molar-refractivity contribution in [1.29, 1.82) is 0 Å². The van der Waals surface area contributed by atoms with E-state index < -0.39 is 0 Å². The third-order valence-corrected chi connectivity index (χ3v) is 5.34. The number of amides is 1. The molecule has 0 unspecified atom stereocenters. The monoisotopic (exact) mass is 374 g/mol. The second-order valence-electron chi connectivity index (χ2n) is 6.17. The van der Waals surface area contributed by atoms with Gasteiger partial charge < -0.3 is 9.88 Å². The van der Waals surface area contributed by atoms with Gasteiger partial charge in [0, 0.05) is 46.1 Å². The van der Waals surface area contributed by atoms with Crippen LogP contribution in [0.4, 0.5) is 0 Å². The van der Waals surface area contributed by atoms with Gasteiger partial charge in [-0.25, -0.2) is 0 Å². The quantitative estimate of drug-likeness (QED) is 0.804. The van der Waals surface area contributed by atoms with E-state index >= 15 is 0 Å². The summed E-state index contributed by atoms with van der Waals surface area (Å²) < 4.78 is 1.09. The summed E-state index contributed by atoms with van der Waals surface area (Å²) in [7, 11) is 0. The lowest BCUT2D eigenvalue weighted by atomic mass is 9.96. The predicted molar refractivity (Wildman–Crippen MR) is 99.2 cm³/mol. The van der Waals surface area contributed by atoms with Gasteiger partial charge in [-0.05, 0) is 43.0 Å². The van der Waals surface area contributed by atoms with Crippen LogP contribution in [0.3, 0.4) is 0 Å². The van der Waals surface area contributed by atoms with Crippen molar-refractivity contribution in [2.45, 2.75) is 33.1 Å². The Bertz CT molecular complexity index is 743. The number of aromatic nitrogens is 1. The minimum absolute atomic E-state index is 0.175. The summed E-state index contributed by atoms with van der Waals surface area (Å²) in [6.45, 7) is 5.75. The van der Waals surface area contributed by atoms with Crippen LogP contribution in [0, 0.1) is 5.92 Å². The number of aromatic amines is 1. The molecule has 1 aliphatic heterocycles. The van der Waals surface area contributed by atoms with Gasteiger partial charge in [-0.3, -0.25) is 4.79 Å². The maximum absolute atomic E-state index is 12.5. The number of nitrogens with one attached hydrogen (secondary N) is 1. The van der Waals surface area contributed by atoms with Crippen LogP contribution in [0.5, 0.6) is 0 Å². The summed E-state index contributed by atoms with van der Waals surface area (Å²) in [5.74, 6) is 0.487. The number of fused-ring (bicyclic) bond motifs is 1. The van der Waals surface area contributed by atoms with E-state index in [9.17, 15) is 4.79 Å². The molecule has 0 saturated heterocycles. The molecule has 0 radical (unpaired) electrons. The lowest BCUT2D eigenvalue weighted by molar-refractivity contribution is -0.135. The molecule has 2 heterocycles. The molecule has 23 heavy (non-hydrogen) atoms. The molecule has 122 valence electrons. The van der Waals surface area contributed by atoms with Gasteiger partial charge in [0.1, 0.15) is 0 Å². The third-order valence-electron chi connectivity index (χ3n) is 4.85. The molecule has 0 saturated carbocycles. The van der Waals surface area contributed by atoms with E-state index in [4.69, 9.17) is 0 Å². The SMILES string of the molecule is CCC(CC)C(=O)N1CC=C(c2c[nH]c3ccc(Br)cc23)CC1. The van der Waals surface area contributed by atoms with Gasteiger partial charge >= 0.3 is 0 Å². The molecule has 1 aromatic carbocycles. The molecule has 4 heteroatoms. The van der Waals surface area contributed by atoms with Crippen LogP contribution >= 0.6 is 15.9 Å². The maximum Gasteiger partial charge on any atom is 0.225 e. The molecule has 1 aliphatic rings. The molecule has 0 atom stereocenters. The first-order chi connectivity index (χ1) is 11.1. The smallest absolute Gasteiger partial charge is 0.225 e. The Balaban J connectivity index is 1.81. The third kappa shape index (κ3) is 3.23. The molecule has 1 N–H and O–H groups in total. The average Bonchev–Trinajstić information content (AvgIpc) is 2.99. The molecule has 0 spiro atoms. The number of benzene rings is 1. The van der Waals surface area contributed by atoms with Crippen molar-refractivity contribution in [1.82, 2.24) is 9.88 Å². The van der Waals surface area contributed by atoms with Crippen LogP contribution in [0.25, 0.3) is 16.5 Å². The number of hydrogen-bond acceptors (Lipinski definition) is 1. The fraction of sp³-hybridized carbons (Fsp3) is 0.421. The zero-order chi connectivity index (χ0) is 16.4. The van der Waals surface area contributed by atoms with Crippen molar-refractivity contribution < 1.29 is 4.79 Å². The van der Waals surface area contributed by atoms with E-state index in [2.05, 4.69) is 59.2 Å². The first kappa shape index (κ1) is 16.3. The molecule has 1 amide bonds.